The van der Waals surface area contributed by atoms with Crippen molar-refractivity contribution in [2.75, 3.05) is 0 Å². The quantitative estimate of drug-likeness (QED) is 0.679. The maximum Gasteiger partial charge on any atom is 0.0703 e. The Bertz CT molecular complexity index is 594. The molecule has 2 rings (SSSR count). The molecule has 2 aromatic carbocycles. The Balaban J connectivity index is 2.50. The van der Waals surface area contributed by atoms with Crippen LogP contribution in [0.2, 0.25) is 0 Å². The molecular weight excluding hydrogens is 218 g/mol. The lowest BCUT2D eigenvalue weighted by Gasteiger charge is -2.11. The molecule has 0 saturated carbocycles. The molecule has 0 aliphatic rings. The third-order valence-electron chi connectivity index (χ3n) is 2.97. The van der Waals surface area contributed by atoms with E-state index < -0.39 is 0 Å². The van der Waals surface area contributed by atoms with E-state index in [0.717, 1.165) is 16.8 Å². The number of hydrogen-bond donors (Lipinski definition) is 0. The molecule has 0 saturated heterocycles. The van der Waals surface area contributed by atoms with Gasteiger partial charge >= 0.3 is 0 Å². The van der Waals surface area contributed by atoms with Gasteiger partial charge in [0.05, 0.1) is 5.69 Å². The molecule has 0 radical (unpaired) electrons. The summed E-state index contributed by atoms with van der Waals surface area (Å²) in [6.45, 7) is 8.25. The van der Waals surface area contributed by atoms with E-state index in [4.69, 9.17) is 0 Å². The van der Waals surface area contributed by atoms with Crippen molar-refractivity contribution in [3.63, 3.8) is 0 Å². The Hall–Kier alpha value is -2.15. The Morgan fingerprint density at radius 1 is 1.00 bits per heavy atom. The lowest BCUT2D eigenvalue weighted by molar-refractivity contribution is 1.40. The van der Waals surface area contributed by atoms with Crippen molar-refractivity contribution in [3.05, 3.63) is 71.8 Å². The molecule has 0 amide bonds. The molecule has 0 unspecified atom stereocenters. The summed E-state index contributed by atoms with van der Waals surface area (Å²) in [6, 6.07) is 16.4. The summed E-state index contributed by atoms with van der Waals surface area (Å²) in [5, 5.41) is 0. The Morgan fingerprint density at radius 2 is 1.61 bits per heavy atom. The van der Waals surface area contributed by atoms with Crippen LogP contribution in [0.15, 0.2) is 60.1 Å². The van der Waals surface area contributed by atoms with Crippen molar-refractivity contribution >= 4 is 17.5 Å². The number of para-hydroxylation sites is 1. The van der Waals surface area contributed by atoms with Gasteiger partial charge in [-0.1, -0.05) is 49.0 Å². The van der Waals surface area contributed by atoms with E-state index >= 15 is 0 Å². The molecule has 0 aliphatic carbocycles. The number of hydrogen-bond acceptors (Lipinski definition) is 1. The minimum Gasteiger partial charge on any atom is -0.261 e. The fraction of sp³-hybridized carbons (Fsp3) is 0.118. The van der Waals surface area contributed by atoms with Crippen LogP contribution in [0.1, 0.15) is 23.6 Å². The van der Waals surface area contributed by atoms with Crippen LogP contribution in [0.3, 0.4) is 0 Å². The average molecular weight is 235 g/mol. The van der Waals surface area contributed by atoms with E-state index in [-0.39, 0.29) is 0 Å². The van der Waals surface area contributed by atoms with Crippen LogP contribution in [-0.2, 0) is 0 Å². The van der Waals surface area contributed by atoms with Gasteiger partial charge in [-0.2, -0.15) is 0 Å². The molecule has 0 atom stereocenters. The molecular formula is C17H17N. The maximum absolute atomic E-state index is 4.40. The minimum atomic E-state index is 0.966. The highest BCUT2D eigenvalue weighted by molar-refractivity contribution is 5.85. The van der Waals surface area contributed by atoms with Gasteiger partial charge in [0.2, 0.25) is 0 Å². The lowest BCUT2D eigenvalue weighted by atomic mass is 9.95. The van der Waals surface area contributed by atoms with E-state index in [0.29, 0.717) is 0 Å². The van der Waals surface area contributed by atoms with Crippen LogP contribution < -0.4 is 0 Å². The van der Waals surface area contributed by atoms with Crippen LogP contribution in [-0.4, -0.2) is 6.21 Å². The van der Waals surface area contributed by atoms with Gasteiger partial charge in [0.1, 0.15) is 0 Å². The van der Waals surface area contributed by atoms with E-state index in [1.807, 2.05) is 43.5 Å². The molecule has 0 aromatic heterocycles. The van der Waals surface area contributed by atoms with Crippen LogP contribution in [0.4, 0.5) is 5.69 Å². The summed E-state index contributed by atoms with van der Waals surface area (Å²) in [5.74, 6) is 0. The molecule has 0 N–H and O–H groups in total. The highest BCUT2D eigenvalue weighted by Crippen LogP contribution is 2.31. The van der Waals surface area contributed by atoms with Gasteiger partial charge in [0.15, 0.2) is 0 Å². The first-order chi connectivity index (χ1) is 8.74. The molecule has 18 heavy (non-hydrogen) atoms. The van der Waals surface area contributed by atoms with Crippen LogP contribution in [0.25, 0.3) is 5.57 Å². The largest absolute Gasteiger partial charge is 0.261 e. The standard InChI is InChI=1S/C17H17N/c1-4-18-17-12-8-7-11-16(17)14(3)15-10-6-5-9-13(15)2/h4-12H,3H2,1-2H3. The van der Waals surface area contributed by atoms with Crippen molar-refractivity contribution in [1.29, 1.82) is 0 Å². The number of benzene rings is 2. The van der Waals surface area contributed by atoms with Gasteiger partial charge in [0, 0.05) is 11.8 Å². The van der Waals surface area contributed by atoms with Crippen molar-refractivity contribution in [2.24, 2.45) is 4.99 Å². The van der Waals surface area contributed by atoms with E-state index in [2.05, 4.69) is 36.7 Å². The normalized spacial score (nSPS) is 10.8. The second kappa shape index (κ2) is 5.46. The minimum absolute atomic E-state index is 0.966. The SMILES string of the molecule is C=C(c1ccccc1C)c1ccccc1N=CC. The second-order valence-corrected chi connectivity index (χ2v) is 4.20. The van der Waals surface area contributed by atoms with Crippen molar-refractivity contribution < 1.29 is 0 Å². The van der Waals surface area contributed by atoms with Gasteiger partial charge in [-0.3, -0.25) is 4.99 Å². The predicted octanol–water partition coefficient (Wildman–Crippen LogP) is 4.78. The molecule has 0 fully saturated rings. The predicted molar refractivity (Wildman–Crippen MR) is 79.6 cm³/mol. The number of nitrogens with zero attached hydrogens (tertiary/aromatic N) is 1. The smallest absolute Gasteiger partial charge is 0.0703 e. The third-order valence-corrected chi connectivity index (χ3v) is 2.97. The Labute approximate surface area is 109 Å². The Kier molecular flexibility index (Phi) is 3.73. The zero-order chi connectivity index (χ0) is 13.0. The summed E-state index contributed by atoms with van der Waals surface area (Å²) < 4.78 is 0. The van der Waals surface area contributed by atoms with Crippen LogP contribution >= 0.6 is 0 Å². The molecule has 2 aromatic rings. The van der Waals surface area contributed by atoms with E-state index in [1.54, 1.807) is 0 Å². The zero-order valence-corrected chi connectivity index (χ0v) is 10.9. The van der Waals surface area contributed by atoms with Crippen LogP contribution in [0, 0.1) is 6.92 Å². The molecule has 0 spiro atoms. The third kappa shape index (κ3) is 2.40. The van der Waals surface area contributed by atoms with Crippen LogP contribution in [0.5, 0.6) is 0 Å². The highest BCUT2D eigenvalue weighted by Gasteiger charge is 2.08. The summed E-state index contributed by atoms with van der Waals surface area (Å²) in [4.78, 5) is 4.40. The summed E-state index contributed by atoms with van der Waals surface area (Å²) >= 11 is 0. The van der Waals surface area contributed by atoms with Gasteiger partial charge < -0.3 is 0 Å². The topological polar surface area (TPSA) is 12.4 Å². The van der Waals surface area contributed by atoms with Gasteiger partial charge in [-0.05, 0) is 36.6 Å². The summed E-state index contributed by atoms with van der Waals surface area (Å²) in [7, 11) is 0. The first-order valence-electron chi connectivity index (χ1n) is 6.07. The fourth-order valence-electron chi connectivity index (χ4n) is 2.04. The summed E-state index contributed by atoms with van der Waals surface area (Å²) in [6.07, 6.45) is 1.81. The highest BCUT2D eigenvalue weighted by atomic mass is 14.7. The van der Waals surface area contributed by atoms with Gasteiger partial charge in [-0.25, -0.2) is 0 Å². The molecule has 90 valence electrons. The van der Waals surface area contributed by atoms with Gasteiger partial charge in [-0.15, -0.1) is 0 Å². The lowest BCUT2D eigenvalue weighted by Crippen LogP contribution is -1.90. The molecule has 0 heterocycles. The Morgan fingerprint density at radius 3 is 2.28 bits per heavy atom. The second-order valence-electron chi connectivity index (χ2n) is 4.20. The molecule has 1 nitrogen and oxygen atoms in total. The average Bonchev–Trinajstić information content (AvgIpc) is 2.40. The molecule has 1 heteroatoms. The van der Waals surface area contributed by atoms with Crippen molar-refractivity contribution in [3.8, 4) is 0 Å². The molecule has 0 aliphatic heterocycles. The molecule has 0 bridgehead atoms. The number of aryl methyl sites for hydroxylation is 1. The van der Waals surface area contributed by atoms with E-state index in [9.17, 15) is 0 Å². The summed E-state index contributed by atoms with van der Waals surface area (Å²) in [5.41, 5.74) is 5.49. The maximum atomic E-state index is 4.40. The van der Waals surface area contributed by atoms with Gasteiger partial charge in [0.25, 0.3) is 0 Å². The van der Waals surface area contributed by atoms with E-state index in [1.165, 1.54) is 11.1 Å². The first-order valence-corrected chi connectivity index (χ1v) is 6.07. The van der Waals surface area contributed by atoms with Crippen molar-refractivity contribution in [1.82, 2.24) is 0 Å². The first kappa shape index (κ1) is 12.3. The van der Waals surface area contributed by atoms with Crippen molar-refractivity contribution in [2.45, 2.75) is 13.8 Å². The number of rotatable bonds is 3. The zero-order valence-electron chi connectivity index (χ0n) is 10.9. The number of aliphatic imine (C=N–C) groups is 1. The monoisotopic (exact) mass is 235 g/mol. The fourth-order valence-corrected chi connectivity index (χ4v) is 2.04.